The van der Waals surface area contributed by atoms with Gasteiger partial charge < -0.3 is 5.32 Å². The smallest absolute Gasteiger partial charge is 0.320 e. The summed E-state index contributed by atoms with van der Waals surface area (Å²) in [7, 11) is 0. The Morgan fingerprint density at radius 1 is 1.17 bits per heavy atom. The van der Waals surface area contributed by atoms with Crippen molar-refractivity contribution < 1.29 is 4.79 Å². The number of anilines is 1. The summed E-state index contributed by atoms with van der Waals surface area (Å²) < 4.78 is 0. The minimum atomic E-state index is -0.273. The van der Waals surface area contributed by atoms with Crippen molar-refractivity contribution in [3.63, 3.8) is 0 Å². The topological polar surface area (TPSA) is 66.9 Å². The van der Waals surface area contributed by atoms with Gasteiger partial charge in [-0.2, -0.15) is 0 Å². The van der Waals surface area contributed by atoms with Crippen molar-refractivity contribution in [2.24, 2.45) is 0 Å². The number of aryl methyl sites for hydroxylation is 1. The first-order chi connectivity index (χ1) is 11.6. The van der Waals surface area contributed by atoms with E-state index in [4.69, 9.17) is 11.6 Å². The van der Waals surface area contributed by atoms with Gasteiger partial charge in [-0.05, 0) is 54.1 Å². The number of hydrogen-bond donors (Lipinski definition) is 2. The molecule has 0 aliphatic heterocycles. The highest BCUT2D eigenvalue weighted by molar-refractivity contribution is 6.29. The molecule has 0 spiro atoms. The number of amides is 2. The molecule has 122 valence electrons. The van der Waals surface area contributed by atoms with E-state index in [1.165, 1.54) is 0 Å². The summed E-state index contributed by atoms with van der Waals surface area (Å²) in [4.78, 5) is 20.1. The molecular weight excluding hydrogens is 324 g/mol. The maximum atomic E-state index is 11.7. The zero-order valence-corrected chi connectivity index (χ0v) is 14.2. The number of benzene rings is 1. The molecule has 0 fully saturated rings. The zero-order chi connectivity index (χ0) is 17.1. The number of nitrogens with zero attached hydrogens (tertiary/aromatic N) is 2. The lowest BCUT2D eigenvalue weighted by Crippen LogP contribution is -2.28. The number of aromatic nitrogens is 2. The van der Waals surface area contributed by atoms with Gasteiger partial charge in [0, 0.05) is 24.3 Å². The standard InChI is InChI=1S/C18H17ClN4O/c1-3-20-18(24)23-17-9-14-13(12-6-7-21-16(19)8-12)5-4-11(2)15(14)10-22-17/h4-10H,3H2,1-2H3,(H2,20,22,23,24). The van der Waals surface area contributed by atoms with E-state index in [-0.39, 0.29) is 6.03 Å². The van der Waals surface area contributed by atoms with Gasteiger partial charge in [0.1, 0.15) is 11.0 Å². The molecule has 24 heavy (non-hydrogen) atoms. The summed E-state index contributed by atoms with van der Waals surface area (Å²) >= 11 is 6.02. The second-order valence-corrected chi connectivity index (χ2v) is 5.78. The Balaban J connectivity index is 2.12. The zero-order valence-electron chi connectivity index (χ0n) is 13.4. The van der Waals surface area contributed by atoms with Gasteiger partial charge in [-0.1, -0.05) is 23.7 Å². The Hall–Kier alpha value is -2.66. The molecule has 0 saturated carbocycles. The fourth-order valence-corrected chi connectivity index (χ4v) is 2.77. The van der Waals surface area contributed by atoms with Crippen molar-refractivity contribution in [1.29, 1.82) is 0 Å². The van der Waals surface area contributed by atoms with Crippen molar-refractivity contribution in [3.05, 3.63) is 53.4 Å². The summed E-state index contributed by atoms with van der Waals surface area (Å²) in [6.07, 6.45) is 3.46. The number of nitrogens with one attached hydrogen (secondary N) is 2. The van der Waals surface area contributed by atoms with Crippen LogP contribution in [0.25, 0.3) is 21.9 Å². The van der Waals surface area contributed by atoms with Crippen molar-refractivity contribution in [1.82, 2.24) is 15.3 Å². The molecule has 3 aromatic rings. The van der Waals surface area contributed by atoms with Gasteiger partial charge in [-0.15, -0.1) is 0 Å². The predicted octanol–water partition coefficient (Wildman–Crippen LogP) is 4.40. The first-order valence-electron chi connectivity index (χ1n) is 7.64. The fraction of sp³-hybridized carbons (Fsp3) is 0.167. The van der Waals surface area contributed by atoms with E-state index in [1.54, 1.807) is 12.4 Å². The van der Waals surface area contributed by atoms with Crippen LogP contribution in [0.4, 0.5) is 10.6 Å². The van der Waals surface area contributed by atoms with E-state index in [1.807, 2.05) is 44.2 Å². The molecule has 2 amide bonds. The van der Waals surface area contributed by atoms with Crippen molar-refractivity contribution in [2.45, 2.75) is 13.8 Å². The second-order valence-electron chi connectivity index (χ2n) is 5.40. The maximum absolute atomic E-state index is 11.7. The molecule has 2 aromatic heterocycles. The number of rotatable bonds is 3. The highest BCUT2D eigenvalue weighted by Gasteiger charge is 2.10. The first-order valence-corrected chi connectivity index (χ1v) is 8.02. The number of carbonyl (C=O) groups excluding carboxylic acids is 1. The monoisotopic (exact) mass is 340 g/mol. The van der Waals surface area contributed by atoms with E-state index < -0.39 is 0 Å². The third kappa shape index (κ3) is 3.31. The average molecular weight is 341 g/mol. The van der Waals surface area contributed by atoms with Crippen LogP contribution in [-0.2, 0) is 0 Å². The normalized spacial score (nSPS) is 10.6. The summed E-state index contributed by atoms with van der Waals surface area (Å²) in [6, 6.07) is 9.42. The SMILES string of the molecule is CCNC(=O)Nc1cc2c(-c3ccnc(Cl)c3)ccc(C)c2cn1. The molecule has 0 aliphatic rings. The summed E-state index contributed by atoms with van der Waals surface area (Å²) in [5.74, 6) is 0.500. The van der Waals surface area contributed by atoms with Crippen LogP contribution in [0.3, 0.4) is 0 Å². The minimum absolute atomic E-state index is 0.273. The molecule has 0 aliphatic carbocycles. The van der Waals surface area contributed by atoms with Crippen LogP contribution >= 0.6 is 11.6 Å². The minimum Gasteiger partial charge on any atom is -0.338 e. The third-order valence-corrected chi connectivity index (χ3v) is 3.94. The lowest BCUT2D eigenvalue weighted by molar-refractivity contribution is 0.252. The fourth-order valence-electron chi connectivity index (χ4n) is 2.59. The Morgan fingerprint density at radius 3 is 2.75 bits per heavy atom. The predicted molar refractivity (Wildman–Crippen MR) is 97.4 cm³/mol. The molecule has 0 atom stereocenters. The molecule has 6 heteroatoms. The quantitative estimate of drug-likeness (QED) is 0.694. The van der Waals surface area contributed by atoms with E-state index in [9.17, 15) is 4.79 Å². The molecule has 2 N–H and O–H groups in total. The summed E-state index contributed by atoms with van der Waals surface area (Å²) in [6.45, 7) is 4.45. The first kappa shape index (κ1) is 16.2. The van der Waals surface area contributed by atoms with Crippen molar-refractivity contribution >= 4 is 34.2 Å². The Morgan fingerprint density at radius 2 is 2.00 bits per heavy atom. The number of pyridine rings is 2. The molecule has 1 aromatic carbocycles. The number of fused-ring (bicyclic) bond motifs is 1. The number of urea groups is 1. The summed E-state index contributed by atoms with van der Waals surface area (Å²) in [5.41, 5.74) is 3.10. The van der Waals surface area contributed by atoms with E-state index in [0.29, 0.717) is 17.5 Å². The van der Waals surface area contributed by atoms with Gasteiger partial charge in [0.05, 0.1) is 0 Å². The van der Waals surface area contributed by atoms with Crippen molar-refractivity contribution in [3.8, 4) is 11.1 Å². The lowest BCUT2D eigenvalue weighted by atomic mass is 9.97. The number of hydrogen-bond acceptors (Lipinski definition) is 3. The van der Waals surface area contributed by atoms with E-state index in [0.717, 1.165) is 27.5 Å². The van der Waals surface area contributed by atoms with Gasteiger partial charge >= 0.3 is 6.03 Å². The molecule has 3 rings (SSSR count). The molecule has 5 nitrogen and oxygen atoms in total. The van der Waals surface area contributed by atoms with E-state index in [2.05, 4.69) is 20.6 Å². The number of carbonyl (C=O) groups is 1. The molecule has 0 unspecified atom stereocenters. The highest BCUT2D eigenvalue weighted by atomic mass is 35.5. The molecule has 0 saturated heterocycles. The van der Waals surface area contributed by atoms with E-state index >= 15 is 0 Å². The van der Waals surface area contributed by atoms with Crippen LogP contribution in [0.1, 0.15) is 12.5 Å². The van der Waals surface area contributed by atoms with Crippen LogP contribution in [0.5, 0.6) is 0 Å². The van der Waals surface area contributed by atoms with Crippen LogP contribution < -0.4 is 10.6 Å². The molecule has 0 radical (unpaired) electrons. The van der Waals surface area contributed by atoms with Gasteiger partial charge in [-0.25, -0.2) is 14.8 Å². The second kappa shape index (κ2) is 6.84. The average Bonchev–Trinajstić information content (AvgIpc) is 2.55. The lowest BCUT2D eigenvalue weighted by Gasteiger charge is -2.11. The van der Waals surface area contributed by atoms with Crippen LogP contribution in [0.2, 0.25) is 5.15 Å². The van der Waals surface area contributed by atoms with Crippen LogP contribution in [0, 0.1) is 6.92 Å². The Kier molecular flexibility index (Phi) is 4.62. The van der Waals surface area contributed by atoms with Crippen LogP contribution in [-0.4, -0.2) is 22.5 Å². The van der Waals surface area contributed by atoms with Gasteiger partial charge in [0.25, 0.3) is 0 Å². The molecule has 0 bridgehead atoms. The van der Waals surface area contributed by atoms with Gasteiger partial charge in [-0.3, -0.25) is 5.32 Å². The maximum Gasteiger partial charge on any atom is 0.320 e. The highest BCUT2D eigenvalue weighted by Crippen LogP contribution is 2.32. The number of halogens is 1. The third-order valence-electron chi connectivity index (χ3n) is 3.74. The van der Waals surface area contributed by atoms with Gasteiger partial charge in [0.2, 0.25) is 0 Å². The molecule has 2 heterocycles. The van der Waals surface area contributed by atoms with Gasteiger partial charge in [0.15, 0.2) is 0 Å². The Labute approximate surface area is 145 Å². The Bertz CT molecular complexity index is 911. The van der Waals surface area contributed by atoms with Crippen molar-refractivity contribution in [2.75, 3.05) is 11.9 Å². The largest absolute Gasteiger partial charge is 0.338 e. The summed E-state index contributed by atoms with van der Waals surface area (Å²) in [5, 5.41) is 7.91. The molecular formula is C18H17ClN4O. The van der Waals surface area contributed by atoms with Crippen LogP contribution in [0.15, 0.2) is 42.7 Å².